The Balaban J connectivity index is 1.64. The van der Waals surface area contributed by atoms with E-state index in [0.29, 0.717) is 12.0 Å². The summed E-state index contributed by atoms with van der Waals surface area (Å²) in [6, 6.07) is 8.81. The monoisotopic (exact) mass is 240 g/mol. The Hall–Kier alpha value is -1.08. The van der Waals surface area contributed by atoms with Crippen LogP contribution >= 0.6 is 0 Å². The molecule has 1 unspecified atom stereocenters. The van der Waals surface area contributed by atoms with E-state index in [0.717, 1.165) is 12.8 Å². The third kappa shape index (κ3) is 1.65. The van der Waals surface area contributed by atoms with Crippen LogP contribution < -0.4 is 0 Å². The van der Waals surface area contributed by atoms with E-state index in [9.17, 15) is 0 Å². The molecule has 1 heteroatoms. The predicted octanol–water partition coefficient (Wildman–Crippen LogP) is 3.67. The fraction of sp³-hybridized carbons (Fsp3) is 0.529. The van der Waals surface area contributed by atoms with Crippen molar-refractivity contribution in [1.29, 1.82) is 0 Å². The lowest BCUT2D eigenvalue weighted by molar-refractivity contribution is -0.0978. The van der Waals surface area contributed by atoms with Crippen molar-refractivity contribution >= 4 is 0 Å². The van der Waals surface area contributed by atoms with Crippen molar-refractivity contribution in [2.24, 2.45) is 5.92 Å². The van der Waals surface area contributed by atoms with Crippen LogP contribution in [0.4, 0.5) is 0 Å². The predicted molar refractivity (Wildman–Crippen MR) is 72.6 cm³/mol. The van der Waals surface area contributed by atoms with Crippen molar-refractivity contribution in [1.82, 2.24) is 0 Å². The van der Waals surface area contributed by atoms with Crippen molar-refractivity contribution in [3.05, 3.63) is 47.5 Å². The molecule has 94 valence electrons. The first-order chi connectivity index (χ1) is 8.85. The second kappa shape index (κ2) is 3.96. The Bertz CT molecular complexity index is 463. The smallest absolute Gasteiger partial charge is 0.0947 e. The van der Waals surface area contributed by atoms with Gasteiger partial charge in [0, 0.05) is 18.8 Å². The standard InChI is InChI=1S/C17H20O/c1-2-7-15-12-17(11-14(15)6-1)10-9-13-5-3-4-8-16(13)18-17/h1-2,6-7,9-10,13,16H,3-5,8,11-12H2/t13?,16-/m1/s1. The van der Waals surface area contributed by atoms with Crippen LogP contribution in [-0.4, -0.2) is 11.7 Å². The summed E-state index contributed by atoms with van der Waals surface area (Å²) in [5.74, 6) is 0.688. The molecule has 1 fully saturated rings. The molecule has 0 radical (unpaired) electrons. The van der Waals surface area contributed by atoms with Gasteiger partial charge in [0.2, 0.25) is 0 Å². The lowest BCUT2D eigenvalue weighted by Gasteiger charge is -2.41. The first-order valence-corrected chi connectivity index (χ1v) is 7.29. The first-order valence-electron chi connectivity index (χ1n) is 7.29. The van der Waals surface area contributed by atoms with Gasteiger partial charge < -0.3 is 4.74 Å². The fourth-order valence-electron chi connectivity index (χ4n) is 3.94. The Kier molecular flexibility index (Phi) is 2.38. The van der Waals surface area contributed by atoms with Crippen LogP contribution in [0.2, 0.25) is 0 Å². The second-order valence-electron chi connectivity index (χ2n) is 6.15. The van der Waals surface area contributed by atoms with E-state index in [-0.39, 0.29) is 5.60 Å². The molecule has 1 aromatic rings. The molecule has 0 N–H and O–H groups in total. The van der Waals surface area contributed by atoms with Crippen LogP contribution in [0.25, 0.3) is 0 Å². The van der Waals surface area contributed by atoms with Crippen LogP contribution in [-0.2, 0) is 17.6 Å². The zero-order valence-corrected chi connectivity index (χ0v) is 10.8. The van der Waals surface area contributed by atoms with Crippen LogP contribution in [0, 0.1) is 5.92 Å². The molecular formula is C17H20O. The van der Waals surface area contributed by atoms with Crippen molar-refractivity contribution in [3.8, 4) is 0 Å². The molecule has 0 saturated heterocycles. The van der Waals surface area contributed by atoms with Gasteiger partial charge in [-0.25, -0.2) is 0 Å². The van der Waals surface area contributed by atoms with Crippen LogP contribution in [0.1, 0.15) is 36.8 Å². The lowest BCUT2D eigenvalue weighted by atomic mass is 9.81. The maximum absolute atomic E-state index is 6.53. The van der Waals surface area contributed by atoms with Crippen molar-refractivity contribution < 1.29 is 4.74 Å². The number of benzene rings is 1. The summed E-state index contributed by atoms with van der Waals surface area (Å²) in [4.78, 5) is 0. The molecule has 1 aromatic carbocycles. The third-order valence-corrected chi connectivity index (χ3v) is 4.88. The fourth-order valence-corrected chi connectivity index (χ4v) is 3.94. The van der Waals surface area contributed by atoms with E-state index < -0.39 is 0 Å². The molecule has 1 saturated carbocycles. The molecule has 4 rings (SSSR count). The van der Waals surface area contributed by atoms with Crippen molar-refractivity contribution in [3.63, 3.8) is 0 Å². The minimum atomic E-state index is -0.0117. The quantitative estimate of drug-likeness (QED) is 0.629. The van der Waals surface area contributed by atoms with Gasteiger partial charge in [0.05, 0.1) is 11.7 Å². The maximum atomic E-state index is 6.53. The van der Waals surface area contributed by atoms with Gasteiger partial charge in [-0.3, -0.25) is 0 Å². The highest BCUT2D eigenvalue weighted by Gasteiger charge is 2.42. The van der Waals surface area contributed by atoms with Crippen LogP contribution in [0.3, 0.4) is 0 Å². The highest BCUT2D eigenvalue weighted by atomic mass is 16.5. The summed E-state index contributed by atoms with van der Waals surface area (Å²) in [6.07, 6.45) is 12.8. The first kappa shape index (κ1) is 10.8. The van der Waals surface area contributed by atoms with Crippen molar-refractivity contribution in [2.45, 2.75) is 50.2 Å². The van der Waals surface area contributed by atoms with E-state index in [2.05, 4.69) is 36.4 Å². The molecule has 3 aliphatic rings. The SMILES string of the molecule is C1=CC2(Cc3ccccc3C2)O[C@@H]2CCCCC12. The normalized spacial score (nSPS) is 32.2. The number of hydrogen-bond donors (Lipinski definition) is 0. The second-order valence-corrected chi connectivity index (χ2v) is 6.15. The molecule has 2 aliphatic carbocycles. The number of rotatable bonds is 0. The Morgan fingerprint density at radius 3 is 2.50 bits per heavy atom. The topological polar surface area (TPSA) is 9.23 Å². The highest BCUT2D eigenvalue weighted by molar-refractivity contribution is 5.38. The Morgan fingerprint density at radius 2 is 1.72 bits per heavy atom. The summed E-state index contributed by atoms with van der Waals surface area (Å²) in [6.45, 7) is 0. The van der Waals surface area contributed by atoms with Gasteiger partial charge in [-0.2, -0.15) is 0 Å². The zero-order chi connectivity index (χ0) is 12.0. The minimum Gasteiger partial charge on any atom is -0.366 e. The molecule has 1 heterocycles. The van der Waals surface area contributed by atoms with Gasteiger partial charge in [0.1, 0.15) is 0 Å². The summed E-state index contributed by atoms with van der Waals surface area (Å²) < 4.78 is 6.53. The average Bonchev–Trinajstić information content (AvgIpc) is 2.76. The maximum Gasteiger partial charge on any atom is 0.0947 e. The van der Waals surface area contributed by atoms with Gasteiger partial charge in [0.25, 0.3) is 0 Å². The number of hydrogen-bond acceptors (Lipinski definition) is 1. The molecular weight excluding hydrogens is 220 g/mol. The Labute approximate surface area is 109 Å². The summed E-state index contributed by atoms with van der Waals surface area (Å²) >= 11 is 0. The van der Waals surface area contributed by atoms with Gasteiger partial charge in [-0.15, -0.1) is 0 Å². The molecule has 1 nitrogen and oxygen atoms in total. The molecule has 18 heavy (non-hydrogen) atoms. The molecule has 0 aromatic heterocycles. The van der Waals surface area contributed by atoms with Gasteiger partial charge in [-0.05, 0) is 24.0 Å². The molecule has 1 spiro atoms. The zero-order valence-electron chi connectivity index (χ0n) is 10.8. The van der Waals surface area contributed by atoms with E-state index in [1.165, 1.54) is 36.8 Å². The molecule has 2 atom stereocenters. The average molecular weight is 240 g/mol. The highest BCUT2D eigenvalue weighted by Crippen LogP contribution is 2.42. The summed E-state index contributed by atoms with van der Waals surface area (Å²) in [5.41, 5.74) is 2.95. The molecule has 1 aliphatic heterocycles. The van der Waals surface area contributed by atoms with E-state index in [1.807, 2.05) is 0 Å². The van der Waals surface area contributed by atoms with Crippen LogP contribution in [0.5, 0.6) is 0 Å². The summed E-state index contributed by atoms with van der Waals surface area (Å²) in [5, 5.41) is 0. The lowest BCUT2D eigenvalue weighted by Crippen LogP contribution is -2.43. The molecule has 0 bridgehead atoms. The van der Waals surface area contributed by atoms with E-state index in [4.69, 9.17) is 4.74 Å². The van der Waals surface area contributed by atoms with Gasteiger partial charge >= 0.3 is 0 Å². The van der Waals surface area contributed by atoms with Gasteiger partial charge in [-0.1, -0.05) is 49.3 Å². The molecule has 0 amide bonds. The van der Waals surface area contributed by atoms with Crippen molar-refractivity contribution in [2.75, 3.05) is 0 Å². The Morgan fingerprint density at radius 1 is 1.00 bits per heavy atom. The number of ether oxygens (including phenoxy) is 1. The van der Waals surface area contributed by atoms with Gasteiger partial charge in [0.15, 0.2) is 0 Å². The van der Waals surface area contributed by atoms with E-state index in [1.54, 1.807) is 0 Å². The minimum absolute atomic E-state index is 0.0117. The summed E-state index contributed by atoms with van der Waals surface area (Å²) in [7, 11) is 0. The third-order valence-electron chi connectivity index (χ3n) is 4.88. The van der Waals surface area contributed by atoms with E-state index >= 15 is 0 Å². The number of fused-ring (bicyclic) bond motifs is 2. The largest absolute Gasteiger partial charge is 0.366 e. The van der Waals surface area contributed by atoms with Crippen LogP contribution in [0.15, 0.2) is 36.4 Å².